The Kier molecular flexibility index (Phi) is 5.53. The third kappa shape index (κ3) is 3.63. The van der Waals surface area contributed by atoms with Crippen LogP contribution >= 0.6 is 0 Å². The predicted molar refractivity (Wildman–Crippen MR) is 65.4 cm³/mol. The van der Waals surface area contributed by atoms with Crippen LogP contribution in [-0.4, -0.2) is 35.1 Å². The van der Waals surface area contributed by atoms with Gasteiger partial charge in [-0.1, -0.05) is 19.4 Å². The van der Waals surface area contributed by atoms with E-state index in [1.54, 1.807) is 0 Å². The monoisotopic (exact) mass is 225 g/mol. The SMILES string of the molecule is C=CCCCCCN1CCC(C)[C@H]1C(=O)O. The lowest BCUT2D eigenvalue weighted by atomic mass is 10.0. The third-order valence-corrected chi connectivity index (χ3v) is 3.41. The molecule has 0 saturated carbocycles. The van der Waals surface area contributed by atoms with Crippen molar-refractivity contribution >= 4 is 5.97 Å². The van der Waals surface area contributed by atoms with Crippen molar-refractivity contribution in [1.82, 2.24) is 4.90 Å². The summed E-state index contributed by atoms with van der Waals surface area (Å²) in [5.41, 5.74) is 0. The molecule has 1 aliphatic heterocycles. The van der Waals surface area contributed by atoms with Crippen LogP contribution < -0.4 is 0 Å². The van der Waals surface area contributed by atoms with Crippen LogP contribution in [-0.2, 0) is 4.79 Å². The summed E-state index contributed by atoms with van der Waals surface area (Å²) in [7, 11) is 0. The molecule has 1 saturated heterocycles. The summed E-state index contributed by atoms with van der Waals surface area (Å²) in [5, 5.41) is 9.14. The van der Waals surface area contributed by atoms with E-state index in [2.05, 4.69) is 11.5 Å². The molecule has 1 unspecified atom stereocenters. The molecule has 3 nitrogen and oxygen atoms in total. The van der Waals surface area contributed by atoms with Crippen molar-refractivity contribution in [2.24, 2.45) is 5.92 Å². The van der Waals surface area contributed by atoms with Gasteiger partial charge in [0, 0.05) is 0 Å². The Bertz CT molecular complexity index is 240. The fourth-order valence-corrected chi connectivity index (χ4v) is 2.46. The highest BCUT2D eigenvalue weighted by atomic mass is 16.4. The summed E-state index contributed by atoms with van der Waals surface area (Å²) >= 11 is 0. The van der Waals surface area contributed by atoms with Gasteiger partial charge in [-0.15, -0.1) is 6.58 Å². The lowest BCUT2D eigenvalue weighted by Gasteiger charge is -2.22. The first-order valence-corrected chi connectivity index (χ1v) is 6.24. The fourth-order valence-electron chi connectivity index (χ4n) is 2.46. The maximum atomic E-state index is 11.1. The van der Waals surface area contributed by atoms with Crippen LogP contribution in [0.1, 0.15) is 39.0 Å². The summed E-state index contributed by atoms with van der Waals surface area (Å²) in [4.78, 5) is 13.2. The molecule has 3 heteroatoms. The molecule has 1 heterocycles. The van der Waals surface area contributed by atoms with Crippen molar-refractivity contribution in [2.75, 3.05) is 13.1 Å². The molecule has 2 atom stereocenters. The Morgan fingerprint density at radius 3 is 2.88 bits per heavy atom. The number of nitrogens with zero attached hydrogens (tertiary/aromatic N) is 1. The first-order valence-electron chi connectivity index (χ1n) is 6.24. The standard InChI is InChI=1S/C13H23NO2/c1-3-4-5-6-7-9-14-10-8-11(2)12(14)13(15)16/h3,11-12H,1,4-10H2,2H3,(H,15,16)/t11?,12-/m0/s1. The van der Waals surface area contributed by atoms with Crippen molar-refractivity contribution in [3.05, 3.63) is 12.7 Å². The number of allylic oxidation sites excluding steroid dienone is 1. The number of unbranched alkanes of at least 4 members (excludes halogenated alkanes) is 3. The van der Waals surface area contributed by atoms with E-state index in [-0.39, 0.29) is 6.04 Å². The molecule has 0 aliphatic carbocycles. The molecule has 0 bridgehead atoms. The van der Waals surface area contributed by atoms with Crippen LogP contribution in [0, 0.1) is 5.92 Å². The fraction of sp³-hybridized carbons (Fsp3) is 0.769. The zero-order chi connectivity index (χ0) is 12.0. The average molecular weight is 225 g/mol. The molecule has 0 amide bonds. The van der Waals surface area contributed by atoms with Crippen LogP contribution in [0.5, 0.6) is 0 Å². The zero-order valence-corrected chi connectivity index (χ0v) is 10.2. The third-order valence-electron chi connectivity index (χ3n) is 3.41. The normalized spacial score (nSPS) is 25.8. The molecule has 16 heavy (non-hydrogen) atoms. The highest BCUT2D eigenvalue weighted by molar-refractivity contribution is 5.74. The first-order chi connectivity index (χ1) is 7.66. The van der Waals surface area contributed by atoms with Crippen LogP contribution in [0.3, 0.4) is 0 Å². The van der Waals surface area contributed by atoms with Gasteiger partial charge in [-0.05, 0) is 44.7 Å². The number of hydrogen-bond donors (Lipinski definition) is 1. The summed E-state index contributed by atoms with van der Waals surface area (Å²) < 4.78 is 0. The Hall–Kier alpha value is -0.830. The predicted octanol–water partition coefficient (Wildman–Crippen LogP) is 2.53. The summed E-state index contributed by atoms with van der Waals surface area (Å²) in [6.07, 6.45) is 7.47. The van der Waals surface area contributed by atoms with Crippen LogP contribution in [0.4, 0.5) is 0 Å². The van der Waals surface area contributed by atoms with E-state index in [9.17, 15) is 4.79 Å². The summed E-state index contributed by atoms with van der Waals surface area (Å²) in [6, 6.07) is -0.251. The lowest BCUT2D eigenvalue weighted by molar-refractivity contribution is -0.143. The average Bonchev–Trinajstić information content (AvgIpc) is 2.59. The number of rotatable bonds is 7. The van der Waals surface area contributed by atoms with Crippen LogP contribution in [0.25, 0.3) is 0 Å². The van der Waals surface area contributed by atoms with Crippen molar-refractivity contribution in [3.63, 3.8) is 0 Å². The minimum absolute atomic E-state index is 0.251. The molecule has 1 fully saturated rings. The number of carboxylic acids is 1. The van der Waals surface area contributed by atoms with Gasteiger partial charge in [-0.25, -0.2) is 0 Å². The highest BCUT2D eigenvalue weighted by Crippen LogP contribution is 2.24. The number of carboxylic acid groups (broad SMARTS) is 1. The summed E-state index contributed by atoms with van der Waals surface area (Å²) in [6.45, 7) is 7.60. The smallest absolute Gasteiger partial charge is 0.321 e. The molecule has 0 spiro atoms. The molecule has 1 rings (SSSR count). The molecule has 92 valence electrons. The van der Waals surface area contributed by atoms with E-state index in [4.69, 9.17) is 5.11 Å². The van der Waals surface area contributed by atoms with Crippen molar-refractivity contribution in [3.8, 4) is 0 Å². The number of carbonyl (C=O) groups is 1. The largest absolute Gasteiger partial charge is 0.480 e. The molecule has 1 aliphatic rings. The number of hydrogen-bond acceptors (Lipinski definition) is 2. The van der Waals surface area contributed by atoms with Gasteiger partial charge in [-0.3, -0.25) is 9.69 Å². The van der Waals surface area contributed by atoms with Gasteiger partial charge in [0.15, 0.2) is 0 Å². The van der Waals surface area contributed by atoms with Crippen molar-refractivity contribution in [1.29, 1.82) is 0 Å². The van der Waals surface area contributed by atoms with Crippen molar-refractivity contribution < 1.29 is 9.90 Å². The topological polar surface area (TPSA) is 40.5 Å². The lowest BCUT2D eigenvalue weighted by Crippen LogP contribution is -2.39. The second-order valence-electron chi connectivity index (χ2n) is 4.72. The first kappa shape index (κ1) is 13.2. The van der Waals surface area contributed by atoms with Crippen LogP contribution in [0.15, 0.2) is 12.7 Å². The van der Waals surface area contributed by atoms with E-state index in [0.717, 1.165) is 32.4 Å². The molecule has 0 radical (unpaired) electrons. The molecule has 0 aromatic rings. The highest BCUT2D eigenvalue weighted by Gasteiger charge is 2.35. The second-order valence-corrected chi connectivity index (χ2v) is 4.72. The quantitative estimate of drug-likeness (QED) is 0.534. The maximum absolute atomic E-state index is 11.1. The second kappa shape index (κ2) is 6.69. The Morgan fingerprint density at radius 2 is 2.25 bits per heavy atom. The molecular weight excluding hydrogens is 202 g/mol. The van der Waals surface area contributed by atoms with E-state index in [0.29, 0.717) is 5.92 Å². The van der Waals surface area contributed by atoms with E-state index in [1.165, 1.54) is 12.8 Å². The van der Waals surface area contributed by atoms with Gasteiger partial charge in [0.1, 0.15) is 6.04 Å². The van der Waals surface area contributed by atoms with Crippen molar-refractivity contribution in [2.45, 2.75) is 45.1 Å². The van der Waals surface area contributed by atoms with Crippen LogP contribution in [0.2, 0.25) is 0 Å². The number of likely N-dealkylation sites (tertiary alicyclic amines) is 1. The minimum atomic E-state index is -0.656. The van der Waals surface area contributed by atoms with Gasteiger partial charge in [0.05, 0.1) is 0 Å². The molecule has 0 aromatic heterocycles. The van der Waals surface area contributed by atoms with Gasteiger partial charge in [0.2, 0.25) is 0 Å². The van der Waals surface area contributed by atoms with Gasteiger partial charge in [-0.2, -0.15) is 0 Å². The van der Waals surface area contributed by atoms with Gasteiger partial charge >= 0.3 is 5.97 Å². The number of aliphatic carboxylic acids is 1. The minimum Gasteiger partial charge on any atom is -0.480 e. The molecular formula is C13H23NO2. The zero-order valence-electron chi connectivity index (χ0n) is 10.2. The van der Waals surface area contributed by atoms with E-state index in [1.807, 2.05) is 13.0 Å². The summed E-state index contributed by atoms with van der Waals surface area (Å²) in [5.74, 6) is -0.359. The van der Waals surface area contributed by atoms with E-state index >= 15 is 0 Å². The Labute approximate surface area is 98.1 Å². The Balaban J connectivity index is 2.25. The van der Waals surface area contributed by atoms with Gasteiger partial charge in [0.25, 0.3) is 0 Å². The molecule has 1 N–H and O–H groups in total. The molecule has 0 aromatic carbocycles. The van der Waals surface area contributed by atoms with E-state index < -0.39 is 5.97 Å². The maximum Gasteiger partial charge on any atom is 0.321 e. The van der Waals surface area contributed by atoms with Gasteiger partial charge < -0.3 is 5.11 Å². The Morgan fingerprint density at radius 1 is 1.50 bits per heavy atom.